The summed E-state index contributed by atoms with van der Waals surface area (Å²) in [6.07, 6.45) is 3.06. The van der Waals surface area contributed by atoms with Gasteiger partial charge >= 0.3 is 5.97 Å². The Bertz CT molecular complexity index is 1560. The van der Waals surface area contributed by atoms with Crippen molar-refractivity contribution in [2.75, 3.05) is 0 Å². The number of aromatic nitrogens is 3. The zero-order chi connectivity index (χ0) is 23.9. The number of nitrogens with zero attached hydrogens (tertiary/aromatic N) is 2. The minimum absolute atomic E-state index is 0.223. The number of ether oxygens (including phenoxy) is 1. The topological polar surface area (TPSA) is 77.0 Å². The van der Waals surface area contributed by atoms with Gasteiger partial charge in [0.25, 0.3) is 5.91 Å². The van der Waals surface area contributed by atoms with E-state index in [4.69, 9.17) is 4.74 Å². The normalized spacial score (nSPS) is 14.1. The van der Waals surface area contributed by atoms with Gasteiger partial charge in [-0.25, -0.2) is 9.78 Å². The molecule has 1 unspecified atom stereocenters. The lowest BCUT2D eigenvalue weighted by Crippen LogP contribution is -2.30. The van der Waals surface area contributed by atoms with Crippen LogP contribution in [-0.4, -0.2) is 32.5 Å². The third-order valence-corrected chi connectivity index (χ3v) is 6.82. The lowest BCUT2D eigenvalue weighted by atomic mass is 9.95. The van der Waals surface area contributed by atoms with Gasteiger partial charge in [0.1, 0.15) is 5.82 Å². The molecule has 5 aromatic rings. The molecule has 0 saturated heterocycles. The highest BCUT2D eigenvalue weighted by Crippen LogP contribution is 2.33. The number of fused-ring (bicyclic) bond motifs is 4. The van der Waals surface area contributed by atoms with Gasteiger partial charge in [0.2, 0.25) is 0 Å². The number of aryl methyl sites for hydroxylation is 1. The smallest absolute Gasteiger partial charge is 0.339 e. The maximum Gasteiger partial charge on any atom is 0.339 e. The Morgan fingerprint density at radius 1 is 0.943 bits per heavy atom. The van der Waals surface area contributed by atoms with Crippen LogP contribution in [-0.2, 0) is 17.6 Å². The van der Waals surface area contributed by atoms with Gasteiger partial charge in [0.15, 0.2) is 6.10 Å². The molecule has 1 N–H and O–H groups in total. The zero-order valence-electron chi connectivity index (χ0n) is 19.5. The molecule has 6 rings (SSSR count). The van der Waals surface area contributed by atoms with Crippen LogP contribution in [0.15, 0.2) is 72.8 Å². The highest BCUT2D eigenvalue weighted by atomic mass is 16.5. The largest absolute Gasteiger partial charge is 0.449 e. The Balaban J connectivity index is 1.32. The maximum absolute atomic E-state index is 13.6. The van der Waals surface area contributed by atoms with E-state index in [1.165, 1.54) is 5.56 Å². The average molecular weight is 464 g/mol. The monoisotopic (exact) mass is 463 g/mol. The molecule has 174 valence electrons. The molecule has 1 aliphatic carbocycles. The van der Waals surface area contributed by atoms with Crippen molar-refractivity contribution >= 4 is 33.8 Å². The molecule has 0 bridgehead atoms. The predicted octanol–water partition coefficient (Wildman–Crippen LogP) is 5.95. The summed E-state index contributed by atoms with van der Waals surface area (Å²) in [7, 11) is 0. The van der Waals surface area contributed by atoms with Gasteiger partial charge in [-0.2, -0.15) is 0 Å². The lowest BCUT2D eigenvalue weighted by molar-refractivity contribution is 0.0285. The molecule has 35 heavy (non-hydrogen) atoms. The van der Waals surface area contributed by atoms with Gasteiger partial charge < -0.3 is 9.72 Å². The average Bonchev–Trinajstić information content (AvgIpc) is 3.47. The quantitative estimate of drug-likeness (QED) is 0.334. The number of hydrogen-bond donors (Lipinski definition) is 1. The first-order valence-corrected chi connectivity index (χ1v) is 12.0. The van der Waals surface area contributed by atoms with Gasteiger partial charge in [-0.15, -0.1) is 0 Å². The Morgan fingerprint density at radius 2 is 1.69 bits per heavy atom. The fourth-order valence-electron chi connectivity index (χ4n) is 5.15. The first-order valence-electron chi connectivity index (χ1n) is 12.0. The molecule has 2 aromatic heterocycles. The van der Waals surface area contributed by atoms with E-state index in [9.17, 15) is 9.59 Å². The summed E-state index contributed by atoms with van der Waals surface area (Å²) in [6, 6.07) is 22.9. The number of benzene rings is 3. The second-order valence-electron chi connectivity index (χ2n) is 9.02. The van der Waals surface area contributed by atoms with E-state index in [0.29, 0.717) is 17.0 Å². The minimum Gasteiger partial charge on any atom is -0.449 e. The van der Waals surface area contributed by atoms with Crippen molar-refractivity contribution in [1.82, 2.24) is 14.5 Å². The first kappa shape index (κ1) is 21.4. The number of hydrogen-bond acceptors (Lipinski definition) is 4. The van der Waals surface area contributed by atoms with E-state index in [1.807, 2.05) is 54.6 Å². The van der Waals surface area contributed by atoms with Crippen LogP contribution in [0.1, 0.15) is 46.2 Å². The van der Waals surface area contributed by atoms with E-state index in [1.54, 1.807) is 23.6 Å². The Kier molecular flexibility index (Phi) is 5.21. The summed E-state index contributed by atoms with van der Waals surface area (Å²) >= 11 is 0. The molecular weight excluding hydrogens is 438 g/mol. The third-order valence-electron chi connectivity index (χ3n) is 6.82. The number of H-pyrrole nitrogens is 1. The minimum atomic E-state index is -0.937. The molecule has 6 heteroatoms. The van der Waals surface area contributed by atoms with Gasteiger partial charge in [-0.1, -0.05) is 48.5 Å². The van der Waals surface area contributed by atoms with Crippen LogP contribution in [0.5, 0.6) is 0 Å². The highest BCUT2D eigenvalue weighted by Gasteiger charge is 2.28. The van der Waals surface area contributed by atoms with Gasteiger partial charge in [-0.05, 0) is 62.4 Å². The Labute approximate surface area is 202 Å². The molecule has 0 fully saturated rings. The number of aromatic amines is 1. The number of rotatable bonds is 4. The van der Waals surface area contributed by atoms with E-state index in [0.717, 1.165) is 53.3 Å². The van der Waals surface area contributed by atoms with Crippen molar-refractivity contribution in [3.63, 3.8) is 0 Å². The molecule has 0 saturated carbocycles. The van der Waals surface area contributed by atoms with E-state index in [2.05, 4.69) is 16.0 Å². The van der Waals surface area contributed by atoms with Crippen molar-refractivity contribution in [1.29, 1.82) is 0 Å². The van der Waals surface area contributed by atoms with E-state index >= 15 is 0 Å². The van der Waals surface area contributed by atoms with Crippen molar-refractivity contribution in [2.45, 2.75) is 38.7 Å². The molecule has 2 heterocycles. The molecule has 1 aliphatic rings. The molecule has 0 amide bonds. The first-order chi connectivity index (χ1) is 17.1. The fourth-order valence-corrected chi connectivity index (χ4v) is 5.15. The second kappa shape index (κ2) is 8.55. The summed E-state index contributed by atoms with van der Waals surface area (Å²) in [6.45, 7) is 1.65. The molecule has 0 spiro atoms. The summed E-state index contributed by atoms with van der Waals surface area (Å²) < 4.78 is 7.52. The number of carbonyl (C=O) groups excluding carboxylic acids is 2. The Morgan fingerprint density at radius 3 is 2.57 bits per heavy atom. The van der Waals surface area contributed by atoms with Crippen LogP contribution >= 0.6 is 0 Å². The van der Waals surface area contributed by atoms with Crippen LogP contribution in [0, 0.1) is 0 Å². The standard InChI is InChI=1S/C29H25N3O3/c1-18(28(33)32-25-16-8-4-10-19(25)20-11-5-9-17-26(20)32)35-29(34)22-13-3-2-12-21(22)27-30-23-14-6-7-15-24(23)31-27/h2-4,6-8,10,12-16,18H,5,9,11,17H2,1H3,(H,30,31). The molecular formula is C29H25N3O3. The van der Waals surface area contributed by atoms with Crippen molar-refractivity contribution in [3.8, 4) is 11.4 Å². The van der Waals surface area contributed by atoms with E-state index < -0.39 is 12.1 Å². The van der Waals surface area contributed by atoms with Gasteiger partial charge in [0, 0.05) is 16.6 Å². The van der Waals surface area contributed by atoms with Gasteiger partial charge in [-0.3, -0.25) is 9.36 Å². The number of para-hydroxylation sites is 3. The van der Waals surface area contributed by atoms with Crippen LogP contribution in [0.4, 0.5) is 0 Å². The highest BCUT2D eigenvalue weighted by molar-refractivity contribution is 6.01. The zero-order valence-corrected chi connectivity index (χ0v) is 19.5. The molecule has 3 aromatic carbocycles. The molecule has 6 nitrogen and oxygen atoms in total. The SMILES string of the molecule is CC(OC(=O)c1ccccc1-c1nc2ccccc2[nH]1)C(=O)n1c2c(c3ccccc31)CCCC2. The lowest BCUT2D eigenvalue weighted by Gasteiger charge is -2.18. The van der Waals surface area contributed by atoms with E-state index in [-0.39, 0.29) is 5.91 Å². The third kappa shape index (κ3) is 3.62. The molecule has 0 radical (unpaired) electrons. The second-order valence-corrected chi connectivity index (χ2v) is 9.02. The maximum atomic E-state index is 13.6. The molecule has 1 atom stereocenters. The van der Waals surface area contributed by atoms with Crippen LogP contribution in [0.2, 0.25) is 0 Å². The number of imidazole rings is 1. The van der Waals surface area contributed by atoms with Crippen molar-refractivity contribution in [2.24, 2.45) is 0 Å². The number of esters is 1. The Hall–Kier alpha value is -4.19. The van der Waals surface area contributed by atoms with Gasteiger partial charge in [0.05, 0.1) is 22.1 Å². The fraction of sp³-hybridized carbons (Fsp3) is 0.207. The van der Waals surface area contributed by atoms with Crippen LogP contribution < -0.4 is 0 Å². The predicted molar refractivity (Wildman–Crippen MR) is 136 cm³/mol. The van der Waals surface area contributed by atoms with Crippen LogP contribution in [0.3, 0.4) is 0 Å². The number of carbonyl (C=O) groups is 2. The summed E-state index contributed by atoms with van der Waals surface area (Å²) in [5.41, 5.74) is 5.89. The molecule has 0 aliphatic heterocycles. The summed E-state index contributed by atoms with van der Waals surface area (Å²) in [5.74, 6) is -0.186. The summed E-state index contributed by atoms with van der Waals surface area (Å²) in [4.78, 5) is 34.8. The van der Waals surface area contributed by atoms with Crippen molar-refractivity contribution < 1.29 is 14.3 Å². The van der Waals surface area contributed by atoms with Crippen molar-refractivity contribution in [3.05, 3.63) is 89.6 Å². The number of nitrogens with one attached hydrogen (secondary N) is 1. The van der Waals surface area contributed by atoms with Crippen LogP contribution in [0.25, 0.3) is 33.3 Å². The summed E-state index contributed by atoms with van der Waals surface area (Å²) in [5, 5.41) is 1.12.